The SMILES string of the molecule is Cc1ccc(F)c(C(=O)Nc2cnccc2C(=O)O)c1F. The van der Waals surface area contributed by atoms with Crippen LogP contribution in [-0.2, 0) is 0 Å². The summed E-state index contributed by atoms with van der Waals surface area (Å²) < 4.78 is 27.5. The first-order valence-electron chi connectivity index (χ1n) is 5.85. The van der Waals surface area contributed by atoms with Crippen LogP contribution in [0.4, 0.5) is 14.5 Å². The van der Waals surface area contributed by atoms with Gasteiger partial charge in [-0.25, -0.2) is 13.6 Å². The molecule has 0 bridgehead atoms. The van der Waals surface area contributed by atoms with Crippen molar-refractivity contribution in [2.75, 3.05) is 5.32 Å². The quantitative estimate of drug-likeness (QED) is 0.911. The number of carboxylic acid groups (broad SMARTS) is 1. The number of benzene rings is 1. The number of hydrogen-bond acceptors (Lipinski definition) is 3. The Bertz CT molecular complexity index is 732. The van der Waals surface area contributed by atoms with Crippen LogP contribution in [-0.4, -0.2) is 22.0 Å². The molecule has 2 rings (SSSR count). The third kappa shape index (κ3) is 2.86. The van der Waals surface area contributed by atoms with Crippen molar-refractivity contribution < 1.29 is 23.5 Å². The van der Waals surface area contributed by atoms with Gasteiger partial charge in [0.25, 0.3) is 5.91 Å². The average molecular weight is 292 g/mol. The Kier molecular flexibility index (Phi) is 3.93. The number of carbonyl (C=O) groups is 2. The summed E-state index contributed by atoms with van der Waals surface area (Å²) in [5, 5.41) is 11.1. The molecule has 21 heavy (non-hydrogen) atoms. The van der Waals surface area contributed by atoms with Crippen molar-refractivity contribution >= 4 is 17.6 Å². The minimum atomic E-state index is -1.29. The molecule has 0 fully saturated rings. The average Bonchev–Trinajstić information content (AvgIpc) is 2.43. The molecule has 1 aromatic heterocycles. The molecule has 0 saturated heterocycles. The highest BCUT2D eigenvalue weighted by Crippen LogP contribution is 2.19. The molecule has 0 spiro atoms. The van der Waals surface area contributed by atoms with Crippen molar-refractivity contribution in [1.82, 2.24) is 4.98 Å². The molecule has 0 aliphatic carbocycles. The normalized spacial score (nSPS) is 10.2. The van der Waals surface area contributed by atoms with Gasteiger partial charge in [-0.15, -0.1) is 0 Å². The lowest BCUT2D eigenvalue weighted by Gasteiger charge is -2.10. The van der Waals surface area contributed by atoms with Gasteiger partial charge in [0.1, 0.15) is 17.2 Å². The van der Waals surface area contributed by atoms with E-state index in [0.29, 0.717) is 0 Å². The number of aromatic nitrogens is 1. The molecule has 7 heteroatoms. The third-order valence-corrected chi connectivity index (χ3v) is 2.81. The molecule has 0 aliphatic heterocycles. The zero-order valence-electron chi connectivity index (χ0n) is 10.9. The van der Waals surface area contributed by atoms with Gasteiger partial charge in [-0.2, -0.15) is 0 Å². The highest BCUT2D eigenvalue weighted by Gasteiger charge is 2.21. The van der Waals surface area contributed by atoms with Gasteiger partial charge in [0.2, 0.25) is 0 Å². The number of nitrogens with zero attached hydrogens (tertiary/aromatic N) is 1. The van der Waals surface area contributed by atoms with Gasteiger partial charge in [-0.1, -0.05) is 6.07 Å². The van der Waals surface area contributed by atoms with E-state index in [-0.39, 0.29) is 16.8 Å². The van der Waals surface area contributed by atoms with Gasteiger partial charge >= 0.3 is 5.97 Å². The van der Waals surface area contributed by atoms with E-state index in [1.165, 1.54) is 25.3 Å². The Labute approximate surface area is 118 Å². The molecule has 1 aromatic carbocycles. The molecule has 0 radical (unpaired) electrons. The van der Waals surface area contributed by atoms with E-state index in [1.807, 2.05) is 0 Å². The molecule has 2 N–H and O–H groups in total. The molecule has 1 amide bonds. The van der Waals surface area contributed by atoms with E-state index >= 15 is 0 Å². The Morgan fingerprint density at radius 3 is 2.62 bits per heavy atom. The summed E-state index contributed by atoms with van der Waals surface area (Å²) in [5.41, 5.74) is -1.04. The molecule has 0 atom stereocenters. The maximum Gasteiger partial charge on any atom is 0.337 e. The summed E-state index contributed by atoms with van der Waals surface area (Å²) in [6.45, 7) is 1.39. The lowest BCUT2D eigenvalue weighted by molar-refractivity contribution is 0.0698. The molecular weight excluding hydrogens is 282 g/mol. The molecule has 5 nitrogen and oxygen atoms in total. The van der Waals surface area contributed by atoms with E-state index < -0.39 is 29.1 Å². The molecular formula is C14H10F2N2O3. The predicted octanol–water partition coefficient (Wildman–Crippen LogP) is 2.62. The standard InChI is InChI=1S/C14H10F2N2O3/c1-7-2-3-9(15)11(12(7)16)13(19)18-10-6-17-5-4-8(10)14(20)21/h2-6H,1H3,(H,18,19)(H,20,21). The summed E-state index contributed by atoms with van der Waals surface area (Å²) in [7, 11) is 0. The van der Waals surface area contributed by atoms with E-state index in [4.69, 9.17) is 5.11 Å². The van der Waals surface area contributed by atoms with E-state index in [1.54, 1.807) is 0 Å². The maximum atomic E-state index is 13.8. The highest BCUT2D eigenvalue weighted by atomic mass is 19.1. The highest BCUT2D eigenvalue weighted by molar-refractivity contribution is 6.07. The number of aryl methyl sites for hydroxylation is 1. The van der Waals surface area contributed by atoms with Crippen molar-refractivity contribution in [2.24, 2.45) is 0 Å². The lowest BCUT2D eigenvalue weighted by Crippen LogP contribution is -2.18. The van der Waals surface area contributed by atoms with E-state index in [2.05, 4.69) is 10.3 Å². The zero-order valence-corrected chi connectivity index (χ0v) is 10.9. The summed E-state index contributed by atoms with van der Waals surface area (Å²) in [4.78, 5) is 26.6. The van der Waals surface area contributed by atoms with Gasteiger partial charge in [0, 0.05) is 6.20 Å². The van der Waals surface area contributed by atoms with Crippen molar-refractivity contribution in [2.45, 2.75) is 6.92 Å². The van der Waals surface area contributed by atoms with Crippen LogP contribution in [0.25, 0.3) is 0 Å². The van der Waals surface area contributed by atoms with Crippen molar-refractivity contribution in [3.05, 3.63) is 58.9 Å². The third-order valence-electron chi connectivity index (χ3n) is 2.81. The summed E-state index contributed by atoms with van der Waals surface area (Å²) in [5.74, 6) is -4.40. The van der Waals surface area contributed by atoms with Crippen LogP contribution in [0.1, 0.15) is 26.3 Å². The number of rotatable bonds is 3. The first-order chi connectivity index (χ1) is 9.91. The number of aromatic carboxylic acids is 1. The van der Waals surface area contributed by atoms with Crippen LogP contribution >= 0.6 is 0 Å². The van der Waals surface area contributed by atoms with Crippen LogP contribution in [0, 0.1) is 18.6 Å². The number of pyridine rings is 1. The van der Waals surface area contributed by atoms with Gasteiger partial charge in [0.05, 0.1) is 17.4 Å². The minimum absolute atomic E-state index is 0.103. The monoisotopic (exact) mass is 292 g/mol. The number of hydrogen-bond donors (Lipinski definition) is 2. The first kappa shape index (κ1) is 14.6. The van der Waals surface area contributed by atoms with Gasteiger partial charge in [-0.05, 0) is 24.6 Å². The fourth-order valence-corrected chi connectivity index (χ4v) is 1.73. The topological polar surface area (TPSA) is 79.3 Å². The molecule has 108 valence electrons. The Balaban J connectivity index is 2.40. The Morgan fingerprint density at radius 1 is 1.24 bits per heavy atom. The number of nitrogens with one attached hydrogen (secondary N) is 1. The number of carboxylic acids is 1. The molecule has 0 aliphatic rings. The second-order valence-corrected chi connectivity index (χ2v) is 4.23. The second kappa shape index (κ2) is 5.66. The van der Waals surface area contributed by atoms with Crippen LogP contribution in [0.5, 0.6) is 0 Å². The largest absolute Gasteiger partial charge is 0.478 e. The van der Waals surface area contributed by atoms with Crippen molar-refractivity contribution in [3.8, 4) is 0 Å². The summed E-state index contributed by atoms with van der Waals surface area (Å²) in [6.07, 6.45) is 2.32. The zero-order chi connectivity index (χ0) is 15.6. The number of anilines is 1. The predicted molar refractivity (Wildman–Crippen MR) is 70.2 cm³/mol. The molecule has 2 aromatic rings. The maximum absolute atomic E-state index is 13.8. The molecule has 0 unspecified atom stereocenters. The number of amides is 1. The van der Waals surface area contributed by atoms with Crippen LogP contribution < -0.4 is 5.32 Å². The molecule has 1 heterocycles. The number of halogens is 2. The van der Waals surface area contributed by atoms with E-state index in [0.717, 1.165) is 12.3 Å². The summed E-state index contributed by atoms with van der Waals surface area (Å²) >= 11 is 0. The van der Waals surface area contributed by atoms with Crippen molar-refractivity contribution in [3.63, 3.8) is 0 Å². The fourth-order valence-electron chi connectivity index (χ4n) is 1.73. The first-order valence-corrected chi connectivity index (χ1v) is 5.85. The van der Waals surface area contributed by atoms with Gasteiger partial charge in [-0.3, -0.25) is 9.78 Å². The van der Waals surface area contributed by atoms with Gasteiger partial charge < -0.3 is 10.4 Å². The second-order valence-electron chi connectivity index (χ2n) is 4.23. The smallest absolute Gasteiger partial charge is 0.337 e. The Morgan fingerprint density at radius 2 is 1.95 bits per heavy atom. The molecule has 0 saturated carbocycles. The van der Waals surface area contributed by atoms with Crippen LogP contribution in [0.3, 0.4) is 0 Å². The van der Waals surface area contributed by atoms with Gasteiger partial charge in [0.15, 0.2) is 0 Å². The minimum Gasteiger partial charge on any atom is -0.478 e. The summed E-state index contributed by atoms with van der Waals surface area (Å²) in [6, 6.07) is 3.34. The Hall–Kier alpha value is -2.83. The number of carbonyl (C=O) groups excluding carboxylic acids is 1. The fraction of sp³-hybridized carbons (Fsp3) is 0.0714. The van der Waals surface area contributed by atoms with Crippen molar-refractivity contribution in [1.29, 1.82) is 0 Å². The van der Waals surface area contributed by atoms with Crippen LogP contribution in [0.15, 0.2) is 30.6 Å². The van der Waals surface area contributed by atoms with E-state index in [9.17, 15) is 18.4 Å². The van der Waals surface area contributed by atoms with Crippen LogP contribution in [0.2, 0.25) is 0 Å². The lowest BCUT2D eigenvalue weighted by atomic mass is 10.1.